The Morgan fingerprint density at radius 3 is 2.52 bits per heavy atom. The molecule has 0 radical (unpaired) electrons. The molecule has 7 heteroatoms. The van der Waals surface area contributed by atoms with Crippen LogP contribution in [0.4, 0.5) is 5.95 Å². The number of anilines is 1. The smallest absolute Gasteiger partial charge is 0.226 e. The quantitative estimate of drug-likeness (QED) is 0.877. The molecule has 0 fully saturated rings. The lowest BCUT2D eigenvalue weighted by Crippen LogP contribution is -2.05. The Kier molecular flexibility index (Phi) is 4.74. The van der Waals surface area contributed by atoms with E-state index in [4.69, 9.17) is 4.74 Å². The first kappa shape index (κ1) is 15.2. The summed E-state index contributed by atoms with van der Waals surface area (Å²) in [6.07, 6.45) is 2.81. The van der Waals surface area contributed by atoms with E-state index in [2.05, 4.69) is 15.3 Å². The molecule has 1 heterocycles. The summed E-state index contributed by atoms with van der Waals surface area (Å²) in [5, 5.41) is 3.07. The Bertz CT molecular complexity index is 700. The van der Waals surface area contributed by atoms with Crippen molar-refractivity contribution in [2.75, 3.05) is 18.2 Å². The van der Waals surface area contributed by atoms with E-state index in [9.17, 15) is 8.42 Å². The van der Waals surface area contributed by atoms with E-state index in [1.807, 2.05) is 6.92 Å². The molecular weight excluding hydrogens is 290 g/mol. The van der Waals surface area contributed by atoms with Crippen molar-refractivity contribution >= 4 is 15.8 Å². The molecule has 0 saturated carbocycles. The summed E-state index contributed by atoms with van der Waals surface area (Å²) < 4.78 is 28.0. The molecule has 21 heavy (non-hydrogen) atoms. The van der Waals surface area contributed by atoms with Gasteiger partial charge in [-0.3, -0.25) is 0 Å². The number of nitrogens with one attached hydrogen (secondary N) is 1. The topological polar surface area (TPSA) is 81.2 Å². The van der Waals surface area contributed by atoms with E-state index in [1.165, 1.54) is 6.26 Å². The monoisotopic (exact) mass is 307 g/mol. The minimum absolute atomic E-state index is 0.306. The van der Waals surface area contributed by atoms with Crippen LogP contribution in [0.25, 0.3) is 0 Å². The highest BCUT2D eigenvalue weighted by atomic mass is 32.2. The molecule has 0 unspecified atom stereocenters. The lowest BCUT2D eigenvalue weighted by atomic mass is 10.2. The highest BCUT2D eigenvalue weighted by Crippen LogP contribution is 2.12. The van der Waals surface area contributed by atoms with Crippen molar-refractivity contribution in [3.63, 3.8) is 0 Å². The van der Waals surface area contributed by atoms with Gasteiger partial charge in [0, 0.05) is 25.1 Å². The number of rotatable bonds is 6. The van der Waals surface area contributed by atoms with Crippen LogP contribution in [0.1, 0.15) is 12.5 Å². The normalized spacial score (nSPS) is 11.1. The second-order valence-electron chi connectivity index (χ2n) is 4.42. The highest BCUT2D eigenvalue weighted by molar-refractivity contribution is 7.90. The van der Waals surface area contributed by atoms with Gasteiger partial charge in [-0.1, -0.05) is 12.1 Å². The second-order valence-corrected chi connectivity index (χ2v) is 6.44. The predicted molar refractivity (Wildman–Crippen MR) is 80.1 cm³/mol. The zero-order chi connectivity index (χ0) is 15.3. The fraction of sp³-hybridized carbons (Fsp3) is 0.286. The molecule has 0 aliphatic heterocycles. The first-order chi connectivity index (χ1) is 9.99. The van der Waals surface area contributed by atoms with E-state index in [1.54, 1.807) is 36.5 Å². The number of aromatic nitrogens is 2. The minimum atomic E-state index is -3.16. The summed E-state index contributed by atoms with van der Waals surface area (Å²) in [6.45, 7) is 2.93. The van der Waals surface area contributed by atoms with Crippen LogP contribution in [-0.2, 0) is 16.4 Å². The van der Waals surface area contributed by atoms with Crippen molar-refractivity contribution in [1.82, 2.24) is 9.97 Å². The molecule has 2 rings (SSSR count). The summed E-state index contributed by atoms with van der Waals surface area (Å²) >= 11 is 0. The van der Waals surface area contributed by atoms with Gasteiger partial charge >= 0.3 is 0 Å². The summed E-state index contributed by atoms with van der Waals surface area (Å²) in [7, 11) is -3.16. The van der Waals surface area contributed by atoms with Crippen molar-refractivity contribution in [3.05, 3.63) is 42.1 Å². The maximum absolute atomic E-state index is 11.4. The zero-order valence-electron chi connectivity index (χ0n) is 11.9. The number of sulfone groups is 1. The number of benzene rings is 1. The van der Waals surface area contributed by atoms with Gasteiger partial charge in [-0.05, 0) is 24.6 Å². The van der Waals surface area contributed by atoms with Gasteiger partial charge in [0.25, 0.3) is 0 Å². The summed E-state index contributed by atoms with van der Waals surface area (Å²) in [5.74, 6) is 0.982. The number of ether oxygens (including phenoxy) is 1. The summed E-state index contributed by atoms with van der Waals surface area (Å²) in [4.78, 5) is 8.60. The maximum Gasteiger partial charge on any atom is 0.226 e. The summed E-state index contributed by atoms with van der Waals surface area (Å²) in [5.41, 5.74) is 0.938. The molecule has 1 aromatic heterocycles. The highest BCUT2D eigenvalue weighted by Gasteiger charge is 2.06. The van der Waals surface area contributed by atoms with E-state index in [0.717, 1.165) is 5.56 Å². The van der Waals surface area contributed by atoms with Crippen molar-refractivity contribution in [2.45, 2.75) is 18.4 Å². The molecule has 1 N–H and O–H groups in total. The Balaban J connectivity index is 2.01. The average Bonchev–Trinajstić information content (AvgIpc) is 2.45. The first-order valence-corrected chi connectivity index (χ1v) is 8.37. The third-order valence-corrected chi connectivity index (χ3v) is 3.85. The van der Waals surface area contributed by atoms with E-state index < -0.39 is 9.84 Å². The Hall–Kier alpha value is -2.15. The van der Waals surface area contributed by atoms with Crippen LogP contribution in [0.5, 0.6) is 5.88 Å². The van der Waals surface area contributed by atoms with Crippen LogP contribution in [0.15, 0.2) is 41.4 Å². The average molecular weight is 307 g/mol. The van der Waals surface area contributed by atoms with Gasteiger partial charge in [0.1, 0.15) is 0 Å². The molecule has 0 aliphatic carbocycles. The van der Waals surface area contributed by atoms with Crippen LogP contribution in [0, 0.1) is 0 Å². The van der Waals surface area contributed by atoms with Crippen LogP contribution in [-0.4, -0.2) is 31.2 Å². The lowest BCUT2D eigenvalue weighted by molar-refractivity contribution is 0.326. The molecule has 0 amide bonds. The van der Waals surface area contributed by atoms with Crippen molar-refractivity contribution < 1.29 is 13.2 Å². The zero-order valence-corrected chi connectivity index (χ0v) is 12.7. The van der Waals surface area contributed by atoms with Crippen molar-refractivity contribution in [2.24, 2.45) is 0 Å². The van der Waals surface area contributed by atoms with Crippen LogP contribution in [0.2, 0.25) is 0 Å². The van der Waals surface area contributed by atoms with Gasteiger partial charge in [0.15, 0.2) is 9.84 Å². The fourth-order valence-corrected chi connectivity index (χ4v) is 2.32. The minimum Gasteiger partial charge on any atom is -0.478 e. The second kappa shape index (κ2) is 6.53. The molecule has 0 bridgehead atoms. The van der Waals surface area contributed by atoms with Crippen molar-refractivity contribution in [3.8, 4) is 5.88 Å². The SMILES string of the molecule is CCOc1ccnc(NCc2ccc(S(C)(=O)=O)cc2)n1. The van der Waals surface area contributed by atoms with Crippen LogP contribution < -0.4 is 10.1 Å². The van der Waals surface area contributed by atoms with E-state index >= 15 is 0 Å². The Labute approximate surface area is 124 Å². The molecule has 0 spiro atoms. The Morgan fingerprint density at radius 2 is 1.90 bits per heavy atom. The molecule has 2 aromatic rings. The van der Waals surface area contributed by atoms with Gasteiger partial charge in [-0.2, -0.15) is 4.98 Å². The van der Waals surface area contributed by atoms with Gasteiger partial charge < -0.3 is 10.1 Å². The third kappa shape index (κ3) is 4.42. The molecule has 112 valence electrons. The van der Waals surface area contributed by atoms with E-state index in [-0.39, 0.29) is 0 Å². The third-order valence-electron chi connectivity index (χ3n) is 2.72. The number of hydrogen-bond donors (Lipinski definition) is 1. The molecular formula is C14H17N3O3S. The maximum atomic E-state index is 11.4. The first-order valence-electron chi connectivity index (χ1n) is 6.48. The number of hydrogen-bond acceptors (Lipinski definition) is 6. The van der Waals surface area contributed by atoms with Gasteiger partial charge in [-0.15, -0.1) is 0 Å². The van der Waals surface area contributed by atoms with Crippen molar-refractivity contribution in [1.29, 1.82) is 0 Å². The largest absolute Gasteiger partial charge is 0.478 e. The molecule has 0 aliphatic rings. The number of nitrogens with zero attached hydrogens (tertiary/aromatic N) is 2. The van der Waals surface area contributed by atoms with Gasteiger partial charge in [-0.25, -0.2) is 13.4 Å². The van der Waals surface area contributed by atoms with Gasteiger partial charge in [0.05, 0.1) is 11.5 Å². The van der Waals surface area contributed by atoms with E-state index in [0.29, 0.717) is 29.9 Å². The predicted octanol–water partition coefficient (Wildman–Crippen LogP) is 1.89. The molecule has 0 saturated heterocycles. The lowest BCUT2D eigenvalue weighted by Gasteiger charge is -2.07. The summed E-state index contributed by atoms with van der Waals surface area (Å²) in [6, 6.07) is 8.38. The van der Waals surface area contributed by atoms with Crippen LogP contribution >= 0.6 is 0 Å². The fourth-order valence-electron chi connectivity index (χ4n) is 1.69. The standard InChI is InChI=1S/C14H17N3O3S/c1-3-20-13-8-9-15-14(17-13)16-10-11-4-6-12(7-5-11)21(2,18)19/h4-9H,3,10H2,1-2H3,(H,15,16,17). The van der Waals surface area contributed by atoms with Crippen LogP contribution in [0.3, 0.4) is 0 Å². The molecule has 1 aromatic carbocycles. The molecule has 6 nitrogen and oxygen atoms in total. The Morgan fingerprint density at radius 1 is 1.19 bits per heavy atom. The van der Waals surface area contributed by atoms with Gasteiger partial charge in [0.2, 0.25) is 11.8 Å². The molecule has 0 atom stereocenters.